The number of fused-ring (bicyclic) bond motifs is 6. The molecule has 2 heterocycles. The molecule has 2 aromatic heterocycles. The quantitative estimate of drug-likeness (QED) is 0.0806. The summed E-state index contributed by atoms with van der Waals surface area (Å²) in [6.07, 6.45) is 2.71. The van der Waals surface area contributed by atoms with Crippen LogP contribution in [-0.4, -0.2) is 53.9 Å². The maximum atomic E-state index is 13.6. The number of carboxylic acids is 2. The van der Waals surface area contributed by atoms with Crippen molar-refractivity contribution in [3.05, 3.63) is 116 Å². The molecule has 6 aromatic rings. The fourth-order valence-corrected chi connectivity index (χ4v) is 5.25. The van der Waals surface area contributed by atoms with Gasteiger partial charge in [-0.1, -0.05) is 12.1 Å². The van der Waals surface area contributed by atoms with Gasteiger partial charge >= 0.3 is 23.9 Å². The lowest BCUT2D eigenvalue weighted by Gasteiger charge is -2.13. The SMILES string of the molecule is O=C(O)c1cc2cccnc2c2cc([N+](=O)[O-])cc(C(=O)OC(=O)c3cc([N+](=O)[O-])cc4c3c(C(=O)O)cc3cccnc34)c12. The van der Waals surface area contributed by atoms with Crippen LogP contribution in [0.15, 0.2) is 73.1 Å². The molecule has 0 amide bonds. The molecule has 0 aliphatic heterocycles. The van der Waals surface area contributed by atoms with Crippen molar-refractivity contribution < 1.29 is 44.0 Å². The second-order valence-electron chi connectivity index (χ2n) is 9.63. The van der Waals surface area contributed by atoms with Gasteiger partial charge in [0.2, 0.25) is 0 Å². The molecule has 0 saturated heterocycles. The molecule has 15 heteroatoms. The summed E-state index contributed by atoms with van der Waals surface area (Å²) in [5.41, 5.74) is -3.33. The fraction of sp³-hybridized carbons (Fsp3) is 0. The third kappa shape index (κ3) is 4.65. The number of hydrogen-bond acceptors (Lipinski definition) is 11. The highest BCUT2D eigenvalue weighted by Gasteiger charge is 2.29. The van der Waals surface area contributed by atoms with Gasteiger partial charge in [-0.3, -0.25) is 30.2 Å². The summed E-state index contributed by atoms with van der Waals surface area (Å²) < 4.78 is 5.05. The Balaban J connectivity index is 1.59. The molecule has 0 aliphatic carbocycles. The number of esters is 2. The van der Waals surface area contributed by atoms with E-state index < -0.39 is 67.4 Å². The Labute approximate surface area is 248 Å². The molecule has 0 spiro atoms. The molecule has 4 aromatic carbocycles. The van der Waals surface area contributed by atoms with Crippen molar-refractivity contribution in [2.75, 3.05) is 0 Å². The molecule has 0 aliphatic rings. The summed E-state index contributed by atoms with van der Waals surface area (Å²) in [7, 11) is 0. The number of ether oxygens (including phenoxy) is 1. The van der Waals surface area contributed by atoms with Gasteiger partial charge in [0.05, 0.1) is 43.1 Å². The Morgan fingerprint density at radius 1 is 0.622 bits per heavy atom. The van der Waals surface area contributed by atoms with E-state index in [-0.39, 0.29) is 32.6 Å². The maximum absolute atomic E-state index is 13.6. The smallest absolute Gasteiger partial charge is 0.346 e. The first-order chi connectivity index (χ1) is 21.5. The van der Waals surface area contributed by atoms with Crippen LogP contribution >= 0.6 is 0 Å². The summed E-state index contributed by atoms with van der Waals surface area (Å²) in [4.78, 5) is 81.9. The van der Waals surface area contributed by atoms with E-state index in [0.717, 1.165) is 24.3 Å². The second-order valence-corrected chi connectivity index (χ2v) is 9.63. The monoisotopic (exact) mass is 606 g/mol. The molecular formula is C30H14N4O11. The van der Waals surface area contributed by atoms with Crippen LogP contribution in [0.4, 0.5) is 11.4 Å². The van der Waals surface area contributed by atoms with E-state index in [4.69, 9.17) is 4.74 Å². The molecular weight excluding hydrogens is 592 g/mol. The minimum absolute atomic E-state index is 0.0920. The summed E-state index contributed by atoms with van der Waals surface area (Å²) in [6.45, 7) is 0. The largest absolute Gasteiger partial charge is 0.478 e. The molecule has 0 atom stereocenters. The van der Waals surface area contributed by atoms with Gasteiger partial charge in [0.15, 0.2) is 0 Å². The molecule has 0 radical (unpaired) electrons. The highest BCUT2D eigenvalue weighted by Crippen LogP contribution is 2.36. The fourth-order valence-electron chi connectivity index (χ4n) is 5.25. The number of non-ortho nitro benzene ring substituents is 2. The van der Waals surface area contributed by atoms with Crippen molar-refractivity contribution in [3.8, 4) is 0 Å². The van der Waals surface area contributed by atoms with Crippen molar-refractivity contribution in [2.45, 2.75) is 0 Å². The minimum Gasteiger partial charge on any atom is -0.478 e. The van der Waals surface area contributed by atoms with E-state index in [0.29, 0.717) is 10.8 Å². The molecule has 0 fully saturated rings. The molecule has 2 N–H and O–H groups in total. The number of nitrogens with zero attached hydrogens (tertiary/aromatic N) is 4. The lowest BCUT2D eigenvalue weighted by Crippen LogP contribution is -2.16. The normalized spacial score (nSPS) is 11.1. The number of aromatic carboxylic acids is 2. The van der Waals surface area contributed by atoms with Crippen molar-refractivity contribution in [2.24, 2.45) is 0 Å². The third-order valence-electron chi connectivity index (χ3n) is 7.08. The average molecular weight is 606 g/mol. The van der Waals surface area contributed by atoms with Crippen LogP contribution in [0.2, 0.25) is 0 Å². The van der Waals surface area contributed by atoms with Crippen LogP contribution in [0.3, 0.4) is 0 Å². The standard InChI is InChI=1S/C30H14N4O11/c35-27(36)19-7-13-3-1-5-31-25(13)17-9-15(33(41)42)11-21(23(17)19)29(39)45-30(40)22-12-16(34(43)44)10-18-24(22)20(28(37)38)8-14-4-2-6-32-26(14)18/h1-12H,(H,35,36)(H,37,38). The van der Waals surface area contributed by atoms with E-state index in [2.05, 4.69) is 9.97 Å². The molecule has 0 bridgehead atoms. The Morgan fingerprint density at radius 3 is 1.38 bits per heavy atom. The van der Waals surface area contributed by atoms with Crippen LogP contribution < -0.4 is 0 Å². The summed E-state index contributed by atoms with van der Waals surface area (Å²) >= 11 is 0. The van der Waals surface area contributed by atoms with E-state index in [1.54, 1.807) is 0 Å². The van der Waals surface area contributed by atoms with Crippen LogP contribution in [0.25, 0.3) is 43.4 Å². The van der Waals surface area contributed by atoms with Crippen molar-refractivity contribution >= 4 is 78.6 Å². The first-order valence-electron chi connectivity index (χ1n) is 12.7. The number of nitro groups is 2. The second kappa shape index (κ2) is 10.4. The minimum atomic E-state index is -1.54. The van der Waals surface area contributed by atoms with Gasteiger partial charge in [0, 0.05) is 69.0 Å². The number of pyridine rings is 2. The lowest BCUT2D eigenvalue weighted by molar-refractivity contribution is -0.384. The van der Waals surface area contributed by atoms with Gasteiger partial charge in [0.25, 0.3) is 11.4 Å². The Hall–Kier alpha value is -6.90. The Kier molecular flexibility index (Phi) is 6.54. The molecule has 220 valence electrons. The van der Waals surface area contributed by atoms with Gasteiger partial charge in [0.1, 0.15) is 0 Å². The highest BCUT2D eigenvalue weighted by atomic mass is 16.6. The highest BCUT2D eigenvalue weighted by molar-refractivity contribution is 6.24. The topological polar surface area (TPSA) is 230 Å². The average Bonchev–Trinajstić information content (AvgIpc) is 3.02. The van der Waals surface area contributed by atoms with E-state index >= 15 is 0 Å². The third-order valence-corrected chi connectivity index (χ3v) is 7.08. The number of carbonyl (C=O) groups is 4. The van der Waals surface area contributed by atoms with E-state index in [9.17, 15) is 49.6 Å². The van der Waals surface area contributed by atoms with Gasteiger partial charge in [-0.15, -0.1) is 0 Å². The predicted molar refractivity (Wildman–Crippen MR) is 155 cm³/mol. The van der Waals surface area contributed by atoms with Crippen molar-refractivity contribution in [3.63, 3.8) is 0 Å². The number of carbonyl (C=O) groups excluding carboxylic acids is 2. The van der Waals surface area contributed by atoms with Gasteiger partial charge < -0.3 is 14.9 Å². The molecule has 0 saturated carbocycles. The molecule has 15 nitrogen and oxygen atoms in total. The first-order valence-corrected chi connectivity index (χ1v) is 12.7. The van der Waals surface area contributed by atoms with Crippen LogP contribution in [0.1, 0.15) is 41.4 Å². The first kappa shape index (κ1) is 28.2. The number of hydrogen-bond donors (Lipinski definition) is 2. The molecule has 45 heavy (non-hydrogen) atoms. The number of benzene rings is 4. The zero-order valence-corrected chi connectivity index (χ0v) is 22.3. The lowest BCUT2D eigenvalue weighted by atomic mass is 9.94. The van der Waals surface area contributed by atoms with Crippen LogP contribution in [-0.2, 0) is 4.74 Å². The molecule has 6 rings (SSSR count). The van der Waals surface area contributed by atoms with E-state index in [1.165, 1.54) is 48.8 Å². The van der Waals surface area contributed by atoms with E-state index in [1.807, 2.05) is 0 Å². The van der Waals surface area contributed by atoms with Crippen LogP contribution in [0.5, 0.6) is 0 Å². The number of rotatable bonds is 6. The zero-order valence-electron chi connectivity index (χ0n) is 22.3. The Bertz CT molecular complexity index is 2200. The zero-order chi connectivity index (χ0) is 32.2. The van der Waals surface area contributed by atoms with Gasteiger partial charge in [-0.25, -0.2) is 19.2 Å². The maximum Gasteiger partial charge on any atom is 0.346 e. The van der Waals surface area contributed by atoms with Gasteiger partial charge in [-0.2, -0.15) is 0 Å². The molecule has 0 unspecified atom stereocenters. The predicted octanol–water partition coefficient (Wildman–Crippen LogP) is 5.30. The summed E-state index contributed by atoms with van der Waals surface area (Å²) in [6, 6.07) is 12.0. The summed E-state index contributed by atoms with van der Waals surface area (Å²) in [5, 5.41) is 43.3. The number of nitro benzene ring substituents is 2. The van der Waals surface area contributed by atoms with Crippen molar-refractivity contribution in [1.82, 2.24) is 9.97 Å². The van der Waals surface area contributed by atoms with Gasteiger partial charge in [-0.05, 0) is 24.3 Å². The summed E-state index contributed by atoms with van der Waals surface area (Å²) in [5.74, 6) is -6.09. The van der Waals surface area contributed by atoms with Crippen LogP contribution in [0, 0.1) is 20.2 Å². The number of aromatic nitrogens is 2. The number of carboxylic acid groups (broad SMARTS) is 2. The van der Waals surface area contributed by atoms with Crippen molar-refractivity contribution in [1.29, 1.82) is 0 Å². The Morgan fingerprint density at radius 2 is 1.02 bits per heavy atom.